The van der Waals surface area contributed by atoms with E-state index < -0.39 is 0 Å². The van der Waals surface area contributed by atoms with E-state index >= 15 is 0 Å². The molecule has 1 fully saturated rings. The van der Waals surface area contributed by atoms with Crippen LogP contribution in [0.25, 0.3) is 0 Å². The number of piperazine rings is 1. The Labute approximate surface area is 165 Å². The highest BCUT2D eigenvalue weighted by Crippen LogP contribution is 2.16. The van der Waals surface area contributed by atoms with E-state index in [9.17, 15) is 4.79 Å². The van der Waals surface area contributed by atoms with Crippen molar-refractivity contribution in [2.75, 3.05) is 45.9 Å². The van der Waals surface area contributed by atoms with Crippen LogP contribution in [0.3, 0.4) is 0 Å². The van der Waals surface area contributed by atoms with E-state index in [2.05, 4.69) is 11.0 Å². The summed E-state index contributed by atoms with van der Waals surface area (Å²) < 4.78 is 11.3. The van der Waals surface area contributed by atoms with Crippen molar-refractivity contribution in [3.8, 4) is 17.6 Å². The van der Waals surface area contributed by atoms with E-state index in [1.54, 1.807) is 6.07 Å². The van der Waals surface area contributed by atoms with Crippen molar-refractivity contribution in [1.29, 1.82) is 5.26 Å². The quantitative estimate of drug-likeness (QED) is 0.660. The maximum absolute atomic E-state index is 12.8. The molecule has 0 radical (unpaired) electrons. The second-order valence-electron chi connectivity index (χ2n) is 6.58. The molecule has 0 saturated carbocycles. The highest BCUT2D eigenvalue weighted by Gasteiger charge is 2.22. The molecule has 0 atom stereocenters. The molecule has 6 heteroatoms. The predicted octanol–water partition coefficient (Wildman–Crippen LogP) is 2.82. The van der Waals surface area contributed by atoms with Gasteiger partial charge in [0.15, 0.2) is 0 Å². The highest BCUT2D eigenvalue weighted by molar-refractivity contribution is 5.94. The summed E-state index contributed by atoms with van der Waals surface area (Å²) >= 11 is 0. The van der Waals surface area contributed by atoms with E-state index in [0.29, 0.717) is 44.0 Å². The lowest BCUT2D eigenvalue weighted by atomic mass is 10.1. The number of carbonyl (C=O) groups is 1. The van der Waals surface area contributed by atoms with E-state index in [1.807, 2.05) is 53.4 Å². The van der Waals surface area contributed by atoms with Gasteiger partial charge in [-0.2, -0.15) is 5.26 Å². The highest BCUT2D eigenvalue weighted by atomic mass is 16.5. The summed E-state index contributed by atoms with van der Waals surface area (Å²) in [7, 11) is 0. The van der Waals surface area contributed by atoms with Gasteiger partial charge in [-0.15, -0.1) is 0 Å². The van der Waals surface area contributed by atoms with Gasteiger partial charge >= 0.3 is 0 Å². The fourth-order valence-corrected chi connectivity index (χ4v) is 3.12. The Morgan fingerprint density at radius 1 is 0.929 bits per heavy atom. The zero-order valence-electron chi connectivity index (χ0n) is 15.9. The number of para-hydroxylation sites is 1. The topological polar surface area (TPSA) is 65.8 Å². The smallest absolute Gasteiger partial charge is 0.254 e. The second kappa shape index (κ2) is 10.3. The molecule has 146 valence electrons. The SMILES string of the molecule is N#CCCN1CCN(C(=O)c2cccc(OCCOc3ccccc3)c2)CC1. The molecular formula is C22H25N3O3. The Hall–Kier alpha value is -3.04. The lowest BCUT2D eigenvalue weighted by molar-refractivity contribution is 0.0639. The summed E-state index contributed by atoms with van der Waals surface area (Å²) in [5.74, 6) is 1.49. The first-order valence-corrected chi connectivity index (χ1v) is 9.55. The third kappa shape index (κ3) is 5.73. The van der Waals surface area contributed by atoms with Crippen LogP contribution < -0.4 is 9.47 Å². The van der Waals surface area contributed by atoms with Crippen molar-refractivity contribution in [1.82, 2.24) is 9.80 Å². The molecule has 1 saturated heterocycles. The van der Waals surface area contributed by atoms with Gasteiger partial charge in [-0.05, 0) is 30.3 Å². The molecule has 1 aliphatic heterocycles. The zero-order valence-corrected chi connectivity index (χ0v) is 15.9. The van der Waals surface area contributed by atoms with Gasteiger partial charge in [-0.25, -0.2) is 0 Å². The minimum Gasteiger partial charge on any atom is -0.490 e. The molecule has 1 heterocycles. The summed E-state index contributed by atoms with van der Waals surface area (Å²) in [6.07, 6.45) is 0.529. The van der Waals surface area contributed by atoms with Crippen molar-refractivity contribution in [3.63, 3.8) is 0 Å². The van der Waals surface area contributed by atoms with Crippen LogP contribution in [0.5, 0.6) is 11.5 Å². The first-order chi connectivity index (χ1) is 13.8. The van der Waals surface area contributed by atoms with Crippen LogP contribution in [0.4, 0.5) is 0 Å². The Morgan fingerprint density at radius 3 is 2.32 bits per heavy atom. The molecule has 0 aromatic heterocycles. The fourth-order valence-electron chi connectivity index (χ4n) is 3.12. The van der Waals surface area contributed by atoms with Crippen LogP contribution in [-0.4, -0.2) is 61.6 Å². The van der Waals surface area contributed by atoms with E-state index in [-0.39, 0.29) is 5.91 Å². The molecule has 0 bridgehead atoms. The van der Waals surface area contributed by atoms with Gasteiger partial charge in [0.2, 0.25) is 0 Å². The molecule has 0 spiro atoms. The summed E-state index contributed by atoms with van der Waals surface area (Å²) in [6, 6.07) is 19.0. The molecule has 1 aliphatic rings. The van der Waals surface area contributed by atoms with Crippen molar-refractivity contribution in [2.24, 2.45) is 0 Å². The Bertz CT molecular complexity index is 796. The molecule has 3 rings (SSSR count). The molecule has 2 aromatic rings. The van der Waals surface area contributed by atoms with Crippen molar-refractivity contribution >= 4 is 5.91 Å². The van der Waals surface area contributed by atoms with Crippen molar-refractivity contribution < 1.29 is 14.3 Å². The third-order valence-electron chi connectivity index (χ3n) is 4.64. The summed E-state index contributed by atoms with van der Waals surface area (Å²) in [4.78, 5) is 16.8. The summed E-state index contributed by atoms with van der Waals surface area (Å²) in [6.45, 7) is 4.59. The molecule has 0 N–H and O–H groups in total. The first-order valence-electron chi connectivity index (χ1n) is 9.55. The van der Waals surface area contributed by atoms with Crippen LogP contribution in [0.1, 0.15) is 16.8 Å². The van der Waals surface area contributed by atoms with Gasteiger partial charge < -0.3 is 14.4 Å². The molecule has 0 aliphatic carbocycles. The largest absolute Gasteiger partial charge is 0.490 e. The number of hydrogen-bond donors (Lipinski definition) is 0. The Balaban J connectivity index is 1.46. The van der Waals surface area contributed by atoms with E-state index in [1.165, 1.54) is 0 Å². The number of benzene rings is 2. The van der Waals surface area contributed by atoms with Gasteiger partial charge in [0.05, 0.1) is 6.07 Å². The van der Waals surface area contributed by atoms with Crippen LogP contribution in [0.2, 0.25) is 0 Å². The second-order valence-corrected chi connectivity index (χ2v) is 6.58. The Morgan fingerprint density at radius 2 is 1.61 bits per heavy atom. The van der Waals surface area contributed by atoms with Gasteiger partial charge in [-0.3, -0.25) is 9.69 Å². The maximum atomic E-state index is 12.8. The number of hydrogen-bond acceptors (Lipinski definition) is 5. The number of nitriles is 1. The summed E-state index contributed by atoms with van der Waals surface area (Å²) in [5, 5.41) is 8.69. The molecule has 6 nitrogen and oxygen atoms in total. The number of rotatable bonds is 8. The molecular weight excluding hydrogens is 354 g/mol. The van der Waals surface area contributed by atoms with Gasteiger partial charge in [-0.1, -0.05) is 24.3 Å². The molecule has 28 heavy (non-hydrogen) atoms. The standard InChI is InChI=1S/C22H25N3O3/c23-10-5-11-24-12-14-25(15-13-24)22(26)19-6-4-9-21(18-19)28-17-16-27-20-7-2-1-3-8-20/h1-4,6-9,18H,5,11-17H2. The van der Waals surface area contributed by atoms with Crippen LogP contribution >= 0.6 is 0 Å². The van der Waals surface area contributed by atoms with Crippen molar-refractivity contribution in [2.45, 2.75) is 6.42 Å². The third-order valence-corrected chi connectivity index (χ3v) is 4.64. The van der Waals surface area contributed by atoms with E-state index in [4.69, 9.17) is 14.7 Å². The number of carbonyl (C=O) groups excluding carboxylic acids is 1. The van der Waals surface area contributed by atoms with Crippen molar-refractivity contribution in [3.05, 3.63) is 60.2 Å². The average Bonchev–Trinajstić information content (AvgIpc) is 2.76. The Kier molecular flexibility index (Phi) is 7.28. The van der Waals surface area contributed by atoms with Gasteiger partial charge in [0.25, 0.3) is 5.91 Å². The lowest BCUT2D eigenvalue weighted by Crippen LogP contribution is -2.48. The van der Waals surface area contributed by atoms with Gasteiger partial charge in [0.1, 0.15) is 24.7 Å². The maximum Gasteiger partial charge on any atom is 0.254 e. The van der Waals surface area contributed by atoms with Gasteiger partial charge in [0, 0.05) is 44.7 Å². The normalized spacial score (nSPS) is 14.3. The monoisotopic (exact) mass is 379 g/mol. The van der Waals surface area contributed by atoms with Crippen LogP contribution in [-0.2, 0) is 0 Å². The minimum atomic E-state index is 0.0194. The average molecular weight is 379 g/mol. The minimum absolute atomic E-state index is 0.0194. The number of ether oxygens (including phenoxy) is 2. The molecule has 2 aromatic carbocycles. The molecule has 0 unspecified atom stereocenters. The summed E-state index contributed by atoms with van der Waals surface area (Å²) in [5.41, 5.74) is 0.631. The van der Waals surface area contributed by atoms with Crippen LogP contribution in [0, 0.1) is 11.3 Å². The number of amides is 1. The first kappa shape index (κ1) is 19.7. The fraction of sp³-hybridized carbons (Fsp3) is 0.364. The predicted molar refractivity (Wildman–Crippen MR) is 106 cm³/mol. The lowest BCUT2D eigenvalue weighted by Gasteiger charge is -2.34. The van der Waals surface area contributed by atoms with Crippen LogP contribution in [0.15, 0.2) is 54.6 Å². The number of nitrogens with zero attached hydrogens (tertiary/aromatic N) is 3. The zero-order chi connectivity index (χ0) is 19.6. The van der Waals surface area contributed by atoms with E-state index in [0.717, 1.165) is 25.4 Å². The molecule has 1 amide bonds.